The Kier molecular flexibility index (Phi) is 4.69. The molecule has 1 aromatic heterocycles. The molecule has 2 aliphatic heterocycles. The predicted molar refractivity (Wildman–Crippen MR) is 95.5 cm³/mol. The summed E-state index contributed by atoms with van der Waals surface area (Å²) < 4.78 is 3.35. The highest BCUT2D eigenvalue weighted by Gasteiger charge is 2.38. The lowest BCUT2D eigenvalue weighted by molar-refractivity contribution is -0.131. The second-order valence-corrected chi connectivity index (χ2v) is 6.58. The number of likely N-dealkylation sites (tertiary alicyclic amines) is 1. The van der Waals surface area contributed by atoms with Crippen molar-refractivity contribution in [1.29, 1.82) is 0 Å². The fourth-order valence-electron chi connectivity index (χ4n) is 4.03. The van der Waals surface area contributed by atoms with E-state index < -0.39 is 0 Å². The van der Waals surface area contributed by atoms with Crippen LogP contribution in [0.3, 0.4) is 0 Å². The van der Waals surface area contributed by atoms with Crippen molar-refractivity contribution in [2.24, 2.45) is 11.8 Å². The topological polar surface area (TPSA) is 59.3 Å². The number of carbonyl (C=O) groups excluding carboxylic acids is 1. The van der Waals surface area contributed by atoms with Crippen molar-refractivity contribution >= 4 is 29.3 Å². The van der Waals surface area contributed by atoms with Crippen LogP contribution in [-0.2, 0) is 17.9 Å². The highest BCUT2D eigenvalue weighted by atomic mass is 35.5. The number of para-hydroxylation sites is 2. The molecule has 1 amide bonds. The number of carbonyl (C=O) groups is 1. The van der Waals surface area contributed by atoms with Crippen molar-refractivity contribution in [2.75, 3.05) is 26.2 Å². The van der Waals surface area contributed by atoms with Crippen LogP contribution in [0.25, 0.3) is 11.0 Å². The zero-order valence-corrected chi connectivity index (χ0v) is 14.6. The maximum absolute atomic E-state index is 12.7. The van der Waals surface area contributed by atoms with Crippen molar-refractivity contribution in [3.8, 4) is 0 Å². The Balaban J connectivity index is 0.00000169. The molecule has 6 nitrogen and oxygen atoms in total. The summed E-state index contributed by atoms with van der Waals surface area (Å²) in [6.07, 6.45) is 0. The summed E-state index contributed by atoms with van der Waals surface area (Å²) in [6.45, 7) is 6.34. The molecular formula is C17H23ClN4O2. The van der Waals surface area contributed by atoms with Gasteiger partial charge in [-0.15, -0.1) is 12.4 Å². The van der Waals surface area contributed by atoms with Gasteiger partial charge in [0.1, 0.15) is 6.54 Å². The van der Waals surface area contributed by atoms with Crippen molar-refractivity contribution in [2.45, 2.75) is 20.0 Å². The molecule has 2 atom stereocenters. The Morgan fingerprint density at radius 2 is 1.71 bits per heavy atom. The third kappa shape index (κ3) is 2.63. The van der Waals surface area contributed by atoms with Gasteiger partial charge in [-0.1, -0.05) is 12.1 Å². The van der Waals surface area contributed by atoms with Crippen molar-refractivity contribution in [3.05, 3.63) is 34.7 Å². The van der Waals surface area contributed by atoms with E-state index in [2.05, 4.69) is 5.32 Å². The number of amides is 1. The van der Waals surface area contributed by atoms with Gasteiger partial charge in [-0.25, -0.2) is 4.79 Å². The van der Waals surface area contributed by atoms with E-state index in [4.69, 9.17) is 0 Å². The number of aryl methyl sites for hydroxylation is 1. The van der Waals surface area contributed by atoms with Gasteiger partial charge in [-0.2, -0.15) is 0 Å². The van der Waals surface area contributed by atoms with E-state index in [1.54, 1.807) is 9.13 Å². The first-order valence-electron chi connectivity index (χ1n) is 8.35. The zero-order valence-electron chi connectivity index (χ0n) is 13.8. The molecule has 3 heterocycles. The zero-order chi connectivity index (χ0) is 16.0. The summed E-state index contributed by atoms with van der Waals surface area (Å²) in [5.74, 6) is 1.21. The second-order valence-electron chi connectivity index (χ2n) is 6.58. The fourth-order valence-corrected chi connectivity index (χ4v) is 4.03. The molecule has 1 aromatic carbocycles. The molecule has 2 aliphatic rings. The van der Waals surface area contributed by atoms with Gasteiger partial charge in [0.15, 0.2) is 0 Å². The van der Waals surface area contributed by atoms with E-state index in [1.807, 2.05) is 36.1 Å². The van der Waals surface area contributed by atoms with Crippen LogP contribution in [0, 0.1) is 11.8 Å². The molecule has 0 bridgehead atoms. The number of nitrogens with one attached hydrogen (secondary N) is 1. The van der Waals surface area contributed by atoms with Gasteiger partial charge in [0.25, 0.3) is 0 Å². The second kappa shape index (κ2) is 6.61. The van der Waals surface area contributed by atoms with Crippen LogP contribution in [-0.4, -0.2) is 46.1 Å². The maximum atomic E-state index is 12.7. The average Bonchev–Trinajstić information content (AvgIpc) is 3.20. The van der Waals surface area contributed by atoms with Crippen LogP contribution in [0.4, 0.5) is 0 Å². The molecule has 24 heavy (non-hydrogen) atoms. The fraction of sp³-hybridized carbons (Fsp3) is 0.529. The van der Waals surface area contributed by atoms with E-state index in [-0.39, 0.29) is 30.5 Å². The Bertz CT molecular complexity index is 801. The molecule has 0 aliphatic carbocycles. The van der Waals surface area contributed by atoms with E-state index in [9.17, 15) is 9.59 Å². The SMILES string of the molecule is CCn1c(=O)n(CC(=O)N2C[C@H]3CNC[C@H]3C2)c2ccccc21.Cl. The van der Waals surface area contributed by atoms with E-state index in [0.717, 1.165) is 37.2 Å². The average molecular weight is 351 g/mol. The van der Waals surface area contributed by atoms with Crippen LogP contribution in [0.2, 0.25) is 0 Å². The Morgan fingerprint density at radius 1 is 1.12 bits per heavy atom. The minimum atomic E-state index is -0.0943. The summed E-state index contributed by atoms with van der Waals surface area (Å²) in [6, 6.07) is 7.69. The third-order valence-corrected chi connectivity index (χ3v) is 5.28. The third-order valence-electron chi connectivity index (χ3n) is 5.28. The minimum absolute atomic E-state index is 0. The van der Waals surface area contributed by atoms with Gasteiger partial charge in [0.05, 0.1) is 11.0 Å². The number of imidazole rings is 1. The first-order valence-corrected chi connectivity index (χ1v) is 8.35. The van der Waals surface area contributed by atoms with Crippen LogP contribution >= 0.6 is 12.4 Å². The molecule has 0 saturated carbocycles. The summed E-state index contributed by atoms with van der Waals surface area (Å²) in [5, 5.41) is 3.38. The standard InChI is InChI=1S/C17H22N4O2.ClH/c1-2-20-14-5-3-4-6-15(14)21(17(20)23)11-16(22)19-9-12-7-18-8-13(12)10-19;/h3-6,12-13,18H,2,7-11H2,1H3;1H/t12-,13+;. The van der Waals surface area contributed by atoms with Gasteiger partial charge in [0.2, 0.25) is 5.91 Å². The predicted octanol–water partition coefficient (Wildman–Crippen LogP) is 0.923. The van der Waals surface area contributed by atoms with Crippen LogP contribution in [0.15, 0.2) is 29.1 Å². The molecule has 2 saturated heterocycles. The molecule has 4 rings (SSSR count). The molecule has 130 valence electrons. The lowest BCUT2D eigenvalue weighted by Crippen LogP contribution is -2.37. The van der Waals surface area contributed by atoms with Crippen LogP contribution in [0.1, 0.15) is 6.92 Å². The van der Waals surface area contributed by atoms with E-state index >= 15 is 0 Å². The highest BCUT2D eigenvalue weighted by Crippen LogP contribution is 2.26. The Labute approximate surface area is 146 Å². The minimum Gasteiger partial charge on any atom is -0.340 e. The molecular weight excluding hydrogens is 328 g/mol. The maximum Gasteiger partial charge on any atom is 0.329 e. The van der Waals surface area contributed by atoms with Gasteiger partial charge < -0.3 is 10.2 Å². The summed E-state index contributed by atoms with van der Waals surface area (Å²) in [4.78, 5) is 27.2. The quantitative estimate of drug-likeness (QED) is 0.895. The van der Waals surface area contributed by atoms with Crippen molar-refractivity contribution in [1.82, 2.24) is 19.4 Å². The van der Waals surface area contributed by atoms with E-state index in [0.29, 0.717) is 18.4 Å². The smallest absolute Gasteiger partial charge is 0.329 e. The van der Waals surface area contributed by atoms with Crippen LogP contribution in [0.5, 0.6) is 0 Å². The normalized spacial score (nSPS) is 22.6. The first-order chi connectivity index (χ1) is 11.2. The molecule has 2 fully saturated rings. The number of hydrogen-bond donors (Lipinski definition) is 1. The number of halogens is 1. The van der Waals surface area contributed by atoms with Gasteiger partial charge in [0, 0.05) is 32.7 Å². The summed E-state index contributed by atoms with van der Waals surface area (Å²) >= 11 is 0. The van der Waals surface area contributed by atoms with Gasteiger partial charge >= 0.3 is 5.69 Å². The highest BCUT2D eigenvalue weighted by molar-refractivity contribution is 5.85. The van der Waals surface area contributed by atoms with E-state index in [1.165, 1.54) is 0 Å². The molecule has 7 heteroatoms. The largest absolute Gasteiger partial charge is 0.340 e. The lowest BCUT2D eigenvalue weighted by atomic mass is 10.0. The Hall–Kier alpha value is -1.79. The first kappa shape index (κ1) is 17.0. The number of rotatable bonds is 3. The monoisotopic (exact) mass is 350 g/mol. The summed E-state index contributed by atoms with van der Waals surface area (Å²) in [5.41, 5.74) is 1.65. The van der Waals surface area contributed by atoms with Crippen molar-refractivity contribution < 1.29 is 4.79 Å². The number of benzene rings is 1. The molecule has 0 radical (unpaired) electrons. The summed E-state index contributed by atoms with van der Waals surface area (Å²) in [7, 11) is 0. The molecule has 0 unspecified atom stereocenters. The number of nitrogens with zero attached hydrogens (tertiary/aromatic N) is 3. The molecule has 1 N–H and O–H groups in total. The van der Waals surface area contributed by atoms with Crippen molar-refractivity contribution in [3.63, 3.8) is 0 Å². The molecule has 0 spiro atoms. The molecule has 2 aromatic rings. The van der Waals surface area contributed by atoms with Gasteiger partial charge in [-0.3, -0.25) is 13.9 Å². The van der Waals surface area contributed by atoms with Gasteiger partial charge in [-0.05, 0) is 30.9 Å². The number of hydrogen-bond acceptors (Lipinski definition) is 3. The number of aromatic nitrogens is 2. The Morgan fingerprint density at radius 3 is 2.29 bits per heavy atom. The lowest BCUT2D eigenvalue weighted by Gasteiger charge is -2.17. The number of fused-ring (bicyclic) bond motifs is 2. The van der Waals surface area contributed by atoms with Crippen LogP contribution < -0.4 is 11.0 Å².